The molecule has 2 N–H and O–H groups in total. The van der Waals surface area contributed by atoms with E-state index in [0.29, 0.717) is 11.3 Å². The summed E-state index contributed by atoms with van der Waals surface area (Å²) in [5.41, 5.74) is 2.97. The van der Waals surface area contributed by atoms with Gasteiger partial charge in [0.25, 0.3) is 0 Å². The molecular formula is C17H17FN2O. The molecule has 0 radical (unpaired) electrons. The maximum absolute atomic E-state index is 13.8. The second-order valence-electron chi connectivity index (χ2n) is 5.17. The Kier molecular flexibility index (Phi) is 4.13. The van der Waals surface area contributed by atoms with Gasteiger partial charge in [-0.1, -0.05) is 12.1 Å². The molecular weight excluding hydrogens is 267 g/mol. The van der Waals surface area contributed by atoms with Gasteiger partial charge in [0.05, 0.1) is 17.7 Å². The lowest BCUT2D eigenvalue weighted by Crippen LogP contribution is -2.09. The average Bonchev–Trinajstić information content (AvgIpc) is 2.43. The number of halogens is 1. The molecule has 0 aliphatic heterocycles. The number of hydrogen-bond acceptors (Lipinski definition) is 3. The van der Waals surface area contributed by atoms with E-state index in [4.69, 9.17) is 5.26 Å². The molecule has 0 saturated heterocycles. The summed E-state index contributed by atoms with van der Waals surface area (Å²) < 4.78 is 13.8. The van der Waals surface area contributed by atoms with Crippen LogP contribution in [0.25, 0.3) is 0 Å². The lowest BCUT2D eigenvalue weighted by atomic mass is 10.0. The maximum Gasteiger partial charge on any atom is 0.129 e. The number of nitrogens with one attached hydrogen (secondary N) is 1. The minimum absolute atomic E-state index is 0.199. The molecule has 4 heteroatoms. The minimum Gasteiger partial charge on any atom is -0.508 e. The molecule has 21 heavy (non-hydrogen) atoms. The number of hydrogen-bond donors (Lipinski definition) is 2. The van der Waals surface area contributed by atoms with Crippen LogP contribution in [0.2, 0.25) is 0 Å². The van der Waals surface area contributed by atoms with Gasteiger partial charge in [-0.25, -0.2) is 4.39 Å². The quantitative estimate of drug-likeness (QED) is 0.888. The van der Waals surface area contributed by atoms with E-state index in [-0.39, 0.29) is 17.4 Å². The molecule has 108 valence electrons. The Labute approximate surface area is 123 Å². The Bertz CT molecular complexity index is 719. The number of phenolic OH excluding ortho intramolecular Hbond substituents is 1. The molecule has 0 bridgehead atoms. The fourth-order valence-corrected chi connectivity index (χ4v) is 2.22. The van der Waals surface area contributed by atoms with Crippen molar-refractivity contribution in [2.24, 2.45) is 0 Å². The molecule has 1 unspecified atom stereocenters. The SMILES string of the molecule is Cc1ccc(C(C)Nc2cc(C#N)cc(F)c2C)c(O)c1. The van der Waals surface area contributed by atoms with Gasteiger partial charge in [-0.15, -0.1) is 0 Å². The summed E-state index contributed by atoms with van der Waals surface area (Å²) >= 11 is 0. The molecule has 2 aromatic rings. The lowest BCUT2D eigenvalue weighted by Gasteiger charge is -2.19. The molecule has 3 nitrogen and oxygen atoms in total. The standard InChI is InChI=1S/C17H17FN2O/c1-10-4-5-14(17(21)6-10)12(3)20-16-8-13(9-19)7-15(18)11(16)2/h4-8,12,20-21H,1-3H3. The highest BCUT2D eigenvalue weighted by atomic mass is 19.1. The summed E-state index contributed by atoms with van der Waals surface area (Å²) in [4.78, 5) is 0. The third kappa shape index (κ3) is 3.14. The fourth-order valence-electron chi connectivity index (χ4n) is 2.22. The monoisotopic (exact) mass is 284 g/mol. The van der Waals surface area contributed by atoms with Crippen molar-refractivity contribution >= 4 is 5.69 Å². The van der Waals surface area contributed by atoms with Crippen LogP contribution < -0.4 is 5.32 Å². The normalized spacial score (nSPS) is 11.8. The van der Waals surface area contributed by atoms with Gasteiger partial charge in [-0.3, -0.25) is 0 Å². The maximum atomic E-state index is 13.8. The lowest BCUT2D eigenvalue weighted by molar-refractivity contribution is 0.465. The third-order valence-electron chi connectivity index (χ3n) is 3.50. The zero-order valence-corrected chi connectivity index (χ0v) is 12.2. The van der Waals surface area contributed by atoms with Crippen LogP contribution in [0.4, 0.5) is 10.1 Å². The fraction of sp³-hybridized carbons (Fsp3) is 0.235. The van der Waals surface area contributed by atoms with Gasteiger partial charge in [0.1, 0.15) is 11.6 Å². The predicted octanol–water partition coefficient (Wildman–Crippen LogP) is 4.19. The molecule has 0 heterocycles. The van der Waals surface area contributed by atoms with E-state index in [1.807, 2.05) is 32.0 Å². The summed E-state index contributed by atoms with van der Waals surface area (Å²) in [7, 11) is 0. The van der Waals surface area contributed by atoms with Crippen molar-refractivity contribution in [1.29, 1.82) is 5.26 Å². The molecule has 0 spiro atoms. The van der Waals surface area contributed by atoms with Crippen molar-refractivity contribution in [2.45, 2.75) is 26.8 Å². The molecule has 0 amide bonds. The molecule has 0 aliphatic rings. The third-order valence-corrected chi connectivity index (χ3v) is 3.50. The Morgan fingerprint density at radius 2 is 1.95 bits per heavy atom. The number of anilines is 1. The highest BCUT2D eigenvalue weighted by Crippen LogP contribution is 2.30. The number of nitrogens with zero attached hydrogens (tertiary/aromatic N) is 1. The second-order valence-corrected chi connectivity index (χ2v) is 5.17. The van der Waals surface area contributed by atoms with Crippen molar-refractivity contribution in [2.75, 3.05) is 5.32 Å². The van der Waals surface area contributed by atoms with E-state index >= 15 is 0 Å². The number of aromatic hydroxyl groups is 1. The Morgan fingerprint density at radius 3 is 2.57 bits per heavy atom. The van der Waals surface area contributed by atoms with Crippen LogP contribution in [0.5, 0.6) is 5.75 Å². The number of nitriles is 1. The van der Waals surface area contributed by atoms with Gasteiger partial charge >= 0.3 is 0 Å². The van der Waals surface area contributed by atoms with Crippen LogP contribution in [-0.2, 0) is 0 Å². The van der Waals surface area contributed by atoms with E-state index in [1.165, 1.54) is 6.07 Å². The summed E-state index contributed by atoms with van der Waals surface area (Å²) in [5.74, 6) is -0.221. The predicted molar refractivity (Wildman–Crippen MR) is 80.7 cm³/mol. The average molecular weight is 284 g/mol. The Morgan fingerprint density at radius 1 is 1.24 bits per heavy atom. The van der Waals surface area contributed by atoms with Crippen molar-refractivity contribution in [3.63, 3.8) is 0 Å². The topological polar surface area (TPSA) is 56.0 Å². The molecule has 2 aromatic carbocycles. The molecule has 0 aromatic heterocycles. The molecule has 1 atom stereocenters. The van der Waals surface area contributed by atoms with Crippen LogP contribution in [0.15, 0.2) is 30.3 Å². The van der Waals surface area contributed by atoms with Gasteiger partial charge in [0, 0.05) is 16.8 Å². The zero-order chi connectivity index (χ0) is 15.6. The first-order chi connectivity index (χ1) is 9.92. The highest BCUT2D eigenvalue weighted by molar-refractivity contribution is 5.57. The number of benzene rings is 2. The van der Waals surface area contributed by atoms with Gasteiger partial charge in [0.15, 0.2) is 0 Å². The first-order valence-corrected chi connectivity index (χ1v) is 6.68. The number of aryl methyl sites for hydroxylation is 1. The van der Waals surface area contributed by atoms with Crippen molar-refractivity contribution < 1.29 is 9.50 Å². The summed E-state index contributed by atoms with van der Waals surface area (Å²) in [6.07, 6.45) is 0. The zero-order valence-electron chi connectivity index (χ0n) is 12.2. The van der Waals surface area contributed by atoms with Crippen LogP contribution in [0.3, 0.4) is 0 Å². The van der Waals surface area contributed by atoms with Crippen molar-refractivity contribution in [3.05, 3.63) is 58.4 Å². The van der Waals surface area contributed by atoms with Crippen molar-refractivity contribution in [3.8, 4) is 11.8 Å². The summed E-state index contributed by atoms with van der Waals surface area (Å²) in [5, 5.41) is 22.1. The smallest absolute Gasteiger partial charge is 0.129 e. The van der Waals surface area contributed by atoms with E-state index in [9.17, 15) is 9.50 Å². The Balaban J connectivity index is 2.33. The van der Waals surface area contributed by atoms with Gasteiger partial charge < -0.3 is 10.4 Å². The van der Waals surface area contributed by atoms with E-state index in [2.05, 4.69) is 5.32 Å². The summed E-state index contributed by atoms with van der Waals surface area (Å²) in [6.45, 7) is 5.43. The van der Waals surface area contributed by atoms with Gasteiger partial charge in [-0.05, 0) is 44.5 Å². The highest BCUT2D eigenvalue weighted by Gasteiger charge is 2.13. The second kappa shape index (κ2) is 5.84. The molecule has 0 fully saturated rings. The van der Waals surface area contributed by atoms with Gasteiger partial charge in [-0.2, -0.15) is 5.26 Å². The minimum atomic E-state index is -0.420. The largest absolute Gasteiger partial charge is 0.508 e. The van der Waals surface area contributed by atoms with Crippen LogP contribution >= 0.6 is 0 Å². The van der Waals surface area contributed by atoms with E-state index < -0.39 is 5.82 Å². The number of phenols is 1. The van der Waals surface area contributed by atoms with Crippen LogP contribution in [0.1, 0.15) is 35.2 Å². The molecule has 0 saturated carbocycles. The van der Waals surface area contributed by atoms with Gasteiger partial charge in [0.2, 0.25) is 0 Å². The number of rotatable bonds is 3. The van der Waals surface area contributed by atoms with Crippen molar-refractivity contribution in [1.82, 2.24) is 0 Å². The molecule has 0 aliphatic carbocycles. The summed E-state index contributed by atoms with van der Waals surface area (Å²) in [6, 6.07) is 9.99. The Hall–Kier alpha value is -2.54. The first-order valence-electron chi connectivity index (χ1n) is 6.68. The van der Waals surface area contributed by atoms with E-state index in [1.54, 1.807) is 19.1 Å². The first kappa shape index (κ1) is 14.9. The van der Waals surface area contributed by atoms with E-state index in [0.717, 1.165) is 11.1 Å². The van der Waals surface area contributed by atoms with Crippen LogP contribution in [-0.4, -0.2) is 5.11 Å². The molecule has 2 rings (SSSR count). The van der Waals surface area contributed by atoms with Crippen LogP contribution in [0, 0.1) is 31.0 Å².